The Bertz CT molecular complexity index is 1360. The first-order valence-electron chi connectivity index (χ1n) is 10.6. The van der Waals surface area contributed by atoms with Crippen molar-refractivity contribution in [2.75, 3.05) is 0 Å². The number of thiazole rings is 2. The number of aryl methyl sites for hydroxylation is 2. The van der Waals surface area contributed by atoms with Crippen LogP contribution in [0.4, 0.5) is 0 Å². The third-order valence-electron chi connectivity index (χ3n) is 5.65. The number of rotatable bonds is 7. The van der Waals surface area contributed by atoms with E-state index in [0.29, 0.717) is 0 Å². The van der Waals surface area contributed by atoms with Crippen LogP contribution in [0.3, 0.4) is 0 Å². The normalized spacial score (nSPS) is 11.6. The molecule has 0 radical (unpaired) electrons. The Balaban J connectivity index is 1.26. The first kappa shape index (κ1) is 19.3. The minimum absolute atomic E-state index is 0.895. The van der Waals surface area contributed by atoms with Gasteiger partial charge in [0.1, 0.15) is 11.4 Å². The first-order chi connectivity index (χ1) is 15.9. The Morgan fingerprint density at radius 1 is 0.625 bits per heavy atom. The summed E-state index contributed by atoms with van der Waals surface area (Å²) in [5.41, 5.74) is 9.96. The van der Waals surface area contributed by atoms with Crippen LogP contribution in [0.1, 0.15) is 12.8 Å². The molecule has 6 rings (SSSR count). The van der Waals surface area contributed by atoms with Crippen molar-refractivity contribution in [3.8, 4) is 23.0 Å². The summed E-state index contributed by atoms with van der Waals surface area (Å²) >= 11 is 3.20. The molecule has 158 valence electrons. The lowest BCUT2D eigenvalue weighted by Gasteiger charge is -2.10. The van der Waals surface area contributed by atoms with Gasteiger partial charge < -0.3 is 9.13 Å². The average molecular weight is 457 g/mol. The molecule has 0 amide bonds. The van der Waals surface area contributed by atoms with Crippen molar-refractivity contribution < 1.29 is 0 Å². The lowest BCUT2D eigenvalue weighted by molar-refractivity contribution is 0.570. The van der Waals surface area contributed by atoms with Crippen LogP contribution in [0, 0.1) is 0 Å². The standard InChI is InChI=1S/C24H20N6S2/c1-3-9-21-17(7-1)27-23(19-13-31-15-25-19)29(21)11-5-6-12-30-22-10-4-2-8-18(22)28-24(30)20-14-32-16-26-20/h1-4,7-10,13-16H,5-6,11-12H2. The van der Waals surface area contributed by atoms with Crippen molar-refractivity contribution in [3.63, 3.8) is 0 Å². The van der Waals surface area contributed by atoms with Gasteiger partial charge in [0, 0.05) is 23.8 Å². The van der Waals surface area contributed by atoms with Crippen LogP contribution in [0.5, 0.6) is 0 Å². The summed E-state index contributed by atoms with van der Waals surface area (Å²) < 4.78 is 4.61. The second kappa shape index (κ2) is 8.29. The van der Waals surface area contributed by atoms with E-state index in [1.807, 2.05) is 23.2 Å². The molecule has 0 saturated carbocycles. The van der Waals surface area contributed by atoms with Crippen LogP contribution in [-0.4, -0.2) is 29.1 Å². The molecular formula is C24H20N6S2. The maximum atomic E-state index is 4.86. The van der Waals surface area contributed by atoms with Crippen molar-refractivity contribution in [1.82, 2.24) is 29.1 Å². The number of hydrogen-bond acceptors (Lipinski definition) is 6. The fourth-order valence-electron chi connectivity index (χ4n) is 4.18. The molecule has 0 spiro atoms. The van der Waals surface area contributed by atoms with Crippen LogP contribution < -0.4 is 0 Å². The molecule has 2 aromatic carbocycles. The molecule has 0 aliphatic rings. The minimum atomic E-state index is 0.895. The van der Waals surface area contributed by atoms with Crippen LogP contribution >= 0.6 is 22.7 Å². The summed E-state index contributed by atoms with van der Waals surface area (Å²) in [6.45, 7) is 1.79. The number of aromatic nitrogens is 6. The largest absolute Gasteiger partial charge is 0.323 e. The fraction of sp³-hybridized carbons (Fsp3) is 0.167. The molecule has 6 nitrogen and oxygen atoms in total. The summed E-state index contributed by atoms with van der Waals surface area (Å²) in [5, 5.41) is 4.13. The van der Waals surface area contributed by atoms with Gasteiger partial charge in [-0.25, -0.2) is 19.9 Å². The summed E-state index contributed by atoms with van der Waals surface area (Å²) in [6.07, 6.45) is 2.06. The average Bonchev–Trinajstić information content (AvgIpc) is 3.62. The molecule has 8 heteroatoms. The summed E-state index contributed by atoms with van der Waals surface area (Å²) in [7, 11) is 0. The van der Waals surface area contributed by atoms with E-state index in [4.69, 9.17) is 9.97 Å². The zero-order valence-corrected chi connectivity index (χ0v) is 18.9. The lowest BCUT2D eigenvalue weighted by atomic mass is 10.2. The van der Waals surface area contributed by atoms with Crippen LogP contribution in [0.25, 0.3) is 45.1 Å². The quantitative estimate of drug-likeness (QED) is 0.272. The molecular weight excluding hydrogens is 436 g/mol. The molecule has 0 aliphatic carbocycles. The molecule has 0 bridgehead atoms. The second-order valence-electron chi connectivity index (χ2n) is 7.61. The summed E-state index contributed by atoms with van der Waals surface area (Å²) in [4.78, 5) is 18.7. The van der Waals surface area contributed by atoms with Gasteiger partial charge in [0.25, 0.3) is 0 Å². The highest BCUT2D eigenvalue weighted by atomic mass is 32.1. The molecule has 4 heterocycles. The Kier molecular flexibility index (Phi) is 5.01. The number of nitrogens with zero attached hydrogens (tertiary/aromatic N) is 6. The van der Waals surface area contributed by atoms with E-state index in [0.717, 1.165) is 71.0 Å². The monoisotopic (exact) mass is 456 g/mol. The van der Waals surface area contributed by atoms with E-state index >= 15 is 0 Å². The Labute approximate surface area is 192 Å². The number of imidazole rings is 2. The lowest BCUT2D eigenvalue weighted by Crippen LogP contribution is -2.05. The van der Waals surface area contributed by atoms with E-state index in [1.165, 1.54) is 0 Å². The van der Waals surface area contributed by atoms with Crippen molar-refractivity contribution in [1.29, 1.82) is 0 Å². The first-order valence-corrected chi connectivity index (χ1v) is 12.4. The van der Waals surface area contributed by atoms with Crippen molar-refractivity contribution in [2.24, 2.45) is 0 Å². The molecule has 0 fully saturated rings. The van der Waals surface area contributed by atoms with E-state index in [-0.39, 0.29) is 0 Å². The molecule has 0 N–H and O–H groups in total. The molecule has 0 saturated heterocycles. The van der Waals surface area contributed by atoms with E-state index in [9.17, 15) is 0 Å². The molecule has 4 aromatic heterocycles. The molecule has 6 aromatic rings. The van der Waals surface area contributed by atoms with Gasteiger partial charge in [-0.05, 0) is 37.1 Å². The smallest absolute Gasteiger partial charge is 0.160 e. The Hall–Kier alpha value is -3.36. The number of benzene rings is 2. The highest BCUT2D eigenvalue weighted by Crippen LogP contribution is 2.27. The van der Waals surface area contributed by atoms with Gasteiger partial charge >= 0.3 is 0 Å². The van der Waals surface area contributed by atoms with Crippen molar-refractivity contribution in [2.45, 2.75) is 25.9 Å². The topological polar surface area (TPSA) is 61.4 Å². The van der Waals surface area contributed by atoms with Crippen LogP contribution in [0.15, 0.2) is 70.3 Å². The summed E-state index contributed by atoms with van der Waals surface area (Å²) in [6, 6.07) is 16.6. The SMILES string of the molecule is c1ccc2c(c1)nc(-c1cscn1)n2CCCCn1c(-c2cscn2)nc2ccccc21. The Morgan fingerprint density at radius 3 is 1.53 bits per heavy atom. The van der Waals surface area contributed by atoms with Crippen molar-refractivity contribution in [3.05, 3.63) is 70.3 Å². The van der Waals surface area contributed by atoms with E-state index in [1.54, 1.807) is 22.7 Å². The molecule has 0 unspecified atom stereocenters. The Morgan fingerprint density at radius 2 is 1.09 bits per heavy atom. The van der Waals surface area contributed by atoms with Gasteiger partial charge in [0.05, 0.1) is 33.1 Å². The predicted molar refractivity (Wildman–Crippen MR) is 131 cm³/mol. The van der Waals surface area contributed by atoms with Crippen molar-refractivity contribution >= 4 is 44.7 Å². The predicted octanol–water partition coefficient (Wildman–Crippen LogP) is 6.11. The zero-order chi connectivity index (χ0) is 21.3. The third-order valence-corrected chi connectivity index (χ3v) is 6.82. The maximum Gasteiger partial charge on any atom is 0.160 e. The third kappa shape index (κ3) is 3.41. The van der Waals surface area contributed by atoms with Crippen LogP contribution in [-0.2, 0) is 13.1 Å². The molecule has 0 atom stereocenters. The van der Waals surface area contributed by atoms with Gasteiger partial charge in [-0.1, -0.05) is 24.3 Å². The number of fused-ring (bicyclic) bond motifs is 2. The molecule has 0 aliphatic heterocycles. The minimum Gasteiger partial charge on any atom is -0.323 e. The highest BCUT2D eigenvalue weighted by Gasteiger charge is 2.15. The zero-order valence-electron chi connectivity index (χ0n) is 17.3. The van der Waals surface area contributed by atoms with E-state index < -0.39 is 0 Å². The van der Waals surface area contributed by atoms with E-state index in [2.05, 4.69) is 66.3 Å². The highest BCUT2D eigenvalue weighted by molar-refractivity contribution is 7.08. The van der Waals surface area contributed by atoms with Gasteiger partial charge in [-0.2, -0.15) is 0 Å². The molecule has 32 heavy (non-hydrogen) atoms. The van der Waals surface area contributed by atoms with Gasteiger partial charge in [-0.15, -0.1) is 22.7 Å². The van der Waals surface area contributed by atoms with Gasteiger partial charge in [0.2, 0.25) is 0 Å². The van der Waals surface area contributed by atoms with Gasteiger partial charge in [-0.3, -0.25) is 0 Å². The van der Waals surface area contributed by atoms with Gasteiger partial charge in [0.15, 0.2) is 11.6 Å². The summed E-state index contributed by atoms with van der Waals surface area (Å²) in [5.74, 6) is 1.90. The number of hydrogen-bond donors (Lipinski definition) is 0. The maximum absolute atomic E-state index is 4.86. The van der Waals surface area contributed by atoms with Crippen LogP contribution in [0.2, 0.25) is 0 Å². The number of unbranched alkanes of at least 4 members (excludes halogenated alkanes) is 1. The second-order valence-corrected chi connectivity index (χ2v) is 9.04. The number of para-hydroxylation sites is 4. The fourth-order valence-corrected chi connectivity index (χ4v) is 5.24.